The molecular weight excluding hydrogens is 322 g/mol. The zero-order valence-electron chi connectivity index (χ0n) is 11.0. The van der Waals surface area contributed by atoms with E-state index in [4.69, 9.17) is 19.6 Å². The van der Waals surface area contributed by atoms with E-state index in [0.29, 0.717) is 5.69 Å². The molecule has 0 radical (unpaired) electrons. The molecule has 1 amide bonds. The lowest BCUT2D eigenvalue weighted by Gasteiger charge is -2.20. The molecule has 0 fully saturated rings. The van der Waals surface area contributed by atoms with Gasteiger partial charge in [-0.3, -0.25) is 19.2 Å². The molecular formula is C10H16N2O7P2. The van der Waals surface area contributed by atoms with Crippen LogP contribution >= 0.6 is 15.2 Å². The lowest BCUT2D eigenvalue weighted by molar-refractivity contribution is -0.115. The highest BCUT2D eigenvalue weighted by Crippen LogP contribution is 2.58. The summed E-state index contributed by atoms with van der Waals surface area (Å²) in [6.45, 7) is 1.20. The summed E-state index contributed by atoms with van der Waals surface area (Å²) >= 11 is 0. The maximum Gasteiger partial charge on any atom is 0.354 e. The van der Waals surface area contributed by atoms with Crippen molar-refractivity contribution in [3.05, 3.63) is 29.8 Å². The van der Waals surface area contributed by atoms with Gasteiger partial charge in [-0.05, 0) is 19.1 Å². The van der Waals surface area contributed by atoms with E-state index in [0.717, 1.165) is 5.56 Å². The molecule has 9 nitrogen and oxygen atoms in total. The van der Waals surface area contributed by atoms with Gasteiger partial charge in [0.05, 0.1) is 6.54 Å². The number of aryl methyl sites for hydroxylation is 1. The van der Waals surface area contributed by atoms with Crippen LogP contribution in [0.5, 0.6) is 0 Å². The van der Waals surface area contributed by atoms with Gasteiger partial charge in [0.2, 0.25) is 11.4 Å². The van der Waals surface area contributed by atoms with Crippen molar-refractivity contribution in [3.63, 3.8) is 0 Å². The average molecular weight is 338 g/mol. The Kier molecular flexibility index (Phi) is 5.83. The second kappa shape index (κ2) is 6.81. The summed E-state index contributed by atoms with van der Waals surface area (Å²) in [7, 11) is -10.2. The Balaban J connectivity index is 2.64. The smallest absolute Gasteiger partial charge is 0.325 e. The molecule has 0 saturated carbocycles. The van der Waals surface area contributed by atoms with Gasteiger partial charge < -0.3 is 24.9 Å². The van der Waals surface area contributed by atoms with Crippen LogP contribution in [0, 0.1) is 6.92 Å². The van der Waals surface area contributed by atoms with Gasteiger partial charge in [-0.2, -0.15) is 0 Å². The fourth-order valence-corrected chi connectivity index (χ4v) is 3.69. The number of nitrogens with one attached hydrogen (secondary N) is 2. The second-order valence-corrected chi connectivity index (χ2v) is 8.14. The Labute approximate surface area is 120 Å². The topological polar surface area (TPSA) is 156 Å². The van der Waals surface area contributed by atoms with Crippen LogP contribution in [0.4, 0.5) is 5.69 Å². The molecule has 0 heterocycles. The van der Waals surface area contributed by atoms with Crippen LogP contribution in [-0.2, 0) is 13.9 Å². The average Bonchev–Trinajstić information content (AvgIpc) is 2.28. The Morgan fingerprint density at radius 3 is 2.00 bits per heavy atom. The predicted octanol–water partition coefficient (Wildman–Crippen LogP) is 0.162. The van der Waals surface area contributed by atoms with Crippen molar-refractivity contribution in [2.75, 3.05) is 11.9 Å². The van der Waals surface area contributed by atoms with Gasteiger partial charge in [-0.15, -0.1) is 0 Å². The molecule has 1 aromatic rings. The molecule has 0 aliphatic heterocycles. The summed E-state index contributed by atoms with van der Waals surface area (Å²) in [5, 5.41) is 4.31. The van der Waals surface area contributed by atoms with Gasteiger partial charge in [0.25, 0.3) is 0 Å². The molecule has 0 bridgehead atoms. The van der Waals surface area contributed by atoms with E-state index >= 15 is 0 Å². The number of hydrogen-bond donors (Lipinski definition) is 6. The molecule has 0 unspecified atom stereocenters. The van der Waals surface area contributed by atoms with Crippen LogP contribution < -0.4 is 10.6 Å². The van der Waals surface area contributed by atoms with E-state index in [1.54, 1.807) is 24.3 Å². The Bertz CT molecular complexity index is 570. The fraction of sp³-hybridized carbons (Fsp3) is 0.300. The zero-order chi connectivity index (χ0) is 16.3. The quantitative estimate of drug-likeness (QED) is 0.401. The van der Waals surface area contributed by atoms with E-state index in [9.17, 15) is 13.9 Å². The van der Waals surface area contributed by atoms with Crippen LogP contribution in [0.25, 0.3) is 0 Å². The van der Waals surface area contributed by atoms with Crippen molar-refractivity contribution in [2.24, 2.45) is 0 Å². The highest BCUT2D eigenvalue weighted by molar-refractivity contribution is 7.70. The molecule has 0 aliphatic rings. The summed E-state index contributed by atoms with van der Waals surface area (Å²) in [6.07, 6.45) is 0. The van der Waals surface area contributed by atoms with E-state index in [-0.39, 0.29) is 0 Å². The molecule has 1 aromatic carbocycles. The summed E-state index contributed by atoms with van der Waals surface area (Å²) in [5.41, 5.74) is -0.973. The van der Waals surface area contributed by atoms with Crippen molar-refractivity contribution in [1.82, 2.24) is 5.32 Å². The Morgan fingerprint density at radius 2 is 1.57 bits per heavy atom. The van der Waals surface area contributed by atoms with Gasteiger partial charge in [0, 0.05) is 5.69 Å². The van der Waals surface area contributed by atoms with Crippen molar-refractivity contribution in [3.8, 4) is 0 Å². The minimum atomic E-state index is -5.10. The maximum atomic E-state index is 11.6. The molecule has 118 valence electrons. The molecule has 21 heavy (non-hydrogen) atoms. The number of hydrogen-bond acceptors (Lipinski definition) is 4. The van der Waals surface area contributed by atoms with Crippen molar-refractivity contribution in [1.29, 1.82) is 0 Å². The number of anilines is 1. The van der Waals surface area contributed by atoms with Crippen molar-refractivity contribution in [2.45, 2.75) is 12.4 Å². The summed E-state index contributed by atoms with van der Waals surface area (Å²) in [5.74, 6) is -0.689. The van der Waals surface area contributed by atoms with E-state index in [1.165, 1.54) is 0 Å². The first-order valence-electron chi connectivity index (χ1n) is 5.70. The first-order valence-corrected chi connectivity index (χ1v) is 9.07. The molecule has 0 aliphatic carbocycles. The highest BCUT2D eigenvalue weighted by Gasteiger charge is 2.43. The van der Waals surface area contributed by atoms with Gasteiger partial charge >= 0.3 is 15.2 Å². The number of carbonyl (C=O) groups is 1. The number of carbonyl (C=O) groups excluding carboxylic acids is 1. The molecule has 0 spiro atoms. The van der Waals surface area contributed by atoms with Crippen molar-refractivity contribution >= 4 is 26.8 Å². The van der Waals surface area contributed by atoms with Gasteiger partial charge in [-0.1, -0.05) is 17.7 Å². The minimum absolute atomic E-state index is 0.455. The summed E-state index contributed by atoms with van der Waals surface area (Å²) in [4.78, 5) is 47.1. The van der Waals surface area contributed by atoms with Crippen LogP contribution in [0.1, 0.15) is 5.56 Å². The molecule has 0 aromatic heterocycles. The van der Waals surface area contributed by atoms with Gasteiger partial charge in [-0.25, -0.2) is 0 Å². The summed E-state index contributed by atoms with van der Waals surface area (Å²) in [6, 6.07) is 6.74. The first-order chi connectivity index (χ1) is 9.50. The Morgan fingerprint density at radius 1 is 1.10 bits per heavy atom. The third kappa shape index (κ3) is 6.07. The number of benzene rings is 1. The third-order valence-corrected chi connectivity index (χ3v) is 5.86. The zero-order valence-corrected chi connectivity index (χ0v) is 12.8. The van der Waals surface area contributed by atoms with Gasteiger partial charge in [0.15, 0.2) is 0 Å². The molecule has 0 atom stereocenters. The van der Waals surface area contributed by atoms with Crippen LogP contribution in [0.15, 0.2) is 24.3 Å². The molecule has 1 rings (SSSR count). The predicted molar refractivity (Wildman–Crippen MR) is 75.7 cm³/mol. The molecule has 11 heteroatoms. The lowest BCUT2D eigenvalue weighted by Crippen LogP contribution is -2.36. The number of amides is 1. The standard InChI is InChI=1S/C10H16N2O7P2/c1-7-2-4-8(5-3-7)12-9(13)6-11-10(20(14,15)16)21(17,18)19/h2-5,10-11H,6H2,1H3,(H,12,13)(H2,14,15,16)(H2,17,18,19). The van der Waals surface area contributed by atoms with E-state index in [1.807, 2.05) is 12.2 Å². The van der Waals surface area contributed by atoms with Crippen LogP contribution in [0.3, 0.4) is 0 Å². The second-order valence-electron chi connectivity index (χ2n) is 4.35. The van der Waals surface area contributed by atoms with E-state index < -0.39 is 33.2 Å². The molecule has 0 saturated heterocycles. The monoisotopic (exact) mass is 338 g/mol. The van der Waals surface area contributed by atoms with Crippen molar-refractivity contribution < 1.29 is 33.5 Å². The fourth-order valence-electron chi connectivity index (χ4n) is 1.46. The van der Waals surface area contributed by atoms with E-state index in [2.05, 4.69) is 5.32 Å². The van der Waals surface area contributed by atoms with Gasteiger partial charge in [0.1, 0.15) is 0 Å². The minimum Gasteiger partial charge on any atom is -0.325 e. The third-order valence-electron chi connectivity index (χ3n) is 2.42. The largest absolute Gasteiger partial charge is 0.354 e. The first kappa shape index (κ1) is 18.0. The SMILES string of the molecule is Cc1ccc(NC(=O)CNC(P(=O)(O)O)P(=O)(O)O)cc1. The molecule has 6 N–H and O–H groups in total. The highest BCUT2D eigenvalue weighted by atomic mass is 31.2. The van der Waals surface area contributed by atoms with Crippen LogP contribution in [0.2, 0.25) is 0 Å². The number of rotatable bonds is 6. The maximum absolute atomic E-state index is 11.6. The summed E-state index contributed by atoms with van der Waals surface area (Å²) < 4.78 is 22.0. The Hall–Kier alpha value is -1.05. The lowest BCUT2D eigenvalue weighted by atomic mass is 10.2. The van der Waals surface area contributed by atoms with Crippen LogP contribution in [-0.4, -0.2) is 37.5 Å². The normalized spacial score (nSPS) is 12.5.